The van der Waals surface area contributed by atoms with E-state index in [-0.39, 0.29) is 5.82 Å². The summed E-state index contributed by atoms with van der Waals surface area (Å²) in [6.07, 6.45) is 1.48. The van der Waals surface area contributed by atoms with Gasteiger partial charge in [0.05, 0.1) is 44.3 Å². The number of hydrogen-bond donors (Lipinski definition) is 1. The second-order valence-electron chi connectivity index (χ2n) is 7.24. The van der Waals surface area contributed by atoms with Crippen LogP contribution in [0.4, 0.5) is 4.39 Å². The number of nitrogens with zero attached hydrogens (tertiary/aromatic N) is 2. The first-order valence-corrected chi connectivity index (χ1v) is 10.3. The molecule has 1 amide bonds. The predicted molar refractivity (Wildman–Crippen MR) is 128 cm³/mol. The number of ether oxygens (including phenoxy) is 3. The topological polar surface area (TPSA) is 82.0 Å². The van der Waals surface area contributed by atoms with Crippen molar-refractivity contribution >= 4 is 23.0 Å². The maximum absolute atomic E-state index is 13.4. The molecule has 1 aromatic heterocycles. The highest BCUT2D eigenvalue weighted by molar-refractivity contribution is 6.07. The second kappa shape index (κ2) is 9.99. The van der Waals surface area contributed by atoms with Crippen LogP contribution in [0.25, 0.3) is 22.2 Å². The monoisotopic (exact) mass is 459 g/mol. The van der Waals surface area contributed by atoms with E-state index in [0.29, 0.717) is 50.5 Å². The molecule has 4 aromatic rings. The summed E-state index contributed by atoms with van der Waals surface area (Å²) in [5.41, 5.74) is 5.49. The first kappa shape index (κ1) is 22.7. The van der Waals surface area contributed by atoms with E-state index in [2.05, 4.69) is 15.5 Å². The summed E-state index contributed by atoms with van der Waals surface area (Å²) < 4.78 is 29.4. The summed E-state index contributed by atoms with van der Waals surface area (Å²) in [5, 5.41) is 4.77. The van der Waals surface area contributed by atoms with Gasteiger partial charge in [-0.05, 0) is 48.5 Å². The minimum atomic E-state index is -0.411. The van der Waals surface area contributed by atoms with Crippen LogP contribution in [0.15, 0.2) is 71.8 Å². The van der Waals surface area contributed by atoms with E-state index in [1.165, 1.54) is 39.7 Å². The van der Waals surface area contributed by atoms with Crippen LogP contribution in [0.2, 0.25) is 0 Å². The number of fused-ring (bicyclic) bond motifs is 1. The van der Waals surface area contributed by atoms with Crippen molar-refractivity contribution in [2.45, 2.75) is 0 Å². The van der Waals surface area contributed by atoms with Gasteiger partial charge >= 0.3 is 0 Å². The average molecular weight is 459 g/mol. The van der Waals surface area contributed by atoms with Crippen molar-refractivity contribution in [1.29, 1.82) is 0 Å². The van der Waals surface area contributed by atoms with Crippen LogP contribution >= 0.6 is 0 Å². The molecule has 0 unspecified atom stereocenters. The van der Waals surface area contributed by atoms with Crippen molar-refractivity contribution < 1.29 is 23.4 Å². The summed E-state index contributed by atoms with van der Waals surface area (Å²) >= 11 is 0. The summed E-state index contributed by atoms with van der Waals surface area (Å²) in [5.74, 6) is 0.648. The van der Waals surface area contributed by atoms with Gasteiger partial charge in [0.2, 0.25) is 5.75 Å². The maximum Gasteiger partial charge on any atom is 0.272 e. The van der Waals surface area contributed by atoms with Gasteiger partial charge in [0.1, 0.15) is 5.82 Å². The molecular weight excluding hydrogens is 437 g/mol. The molecule has 0 aliphatic carbocycles. The highest BCUT2D eigenvalue weighted by Crippen LogP contribution is 2.37. The molecule has 0 atom stereocenters. The number of pyridine rings is 1. The van der Waals surface area contributed by atoms with E-state index in [9.17, 15) is 9.18 Å². The van der Waals surface area contributed by atoms with E-state index in [1.54, 1.807) is 30.3 Å². The zero-order chi connectivity index (χ0) is 24.1. The molecule has 0 saturated heterocycles. The summed E-state index contributed by atoms with van der Waals surface area (Å²) in [6.45, 7) is 0. The van der Waals surface area contributed by atoms with Gasteiger partial charge in [-0.25, -0.2) is 14.8 Å². The molecule has 7 nitrogen and oxygen atoms in total. The fourth-order valence-corrected chi connectivity index (χ4v) is 3.53. The van der Waals surface area contributed by atoms with E-state index < -0.39 is 5.91 Å². The third kappa shape index (κ3) is 4.66. The van der Waals surface area contributed by atoms with Crippen molar-refractivity contribution in [3.63, 3.8) is 0 Å². The number of aromatic nitrogens is 1. The number of amides is 1. The molecule has 0 bridgehead atoms. The summed E-state index contributed by atoms with van der Waals surface area (Å²) in [6, 6.07) is 18.4. The van der Waals surface area contributed by atoms with Gasteiger partial charge in [-0.15, -0.1) is 0 Å². The second-order valence-corrected chi connectivity index (χ2v) is 7.24. The molecule has 172 valence electrons. The Bertz CT molecular complexity index is 1350. The van der Waals surface area contributed by atoms with Gasteiger partial charge in [-0.3, -0.25) is 4.79 Å². The number of hydrogen-bond acceptors (Lipinski definition) is 6. The van der Waals surface area contributed by atoms with Gasteiger partial charge in [0.25, 0.3) is 5.91 Å². The lowest BCUT2D eigenvalue weighted by molar-refractivity contribution is 0.0956. The van der Waals surface area contributed by atoms with Crippen LogP contribution in [0.1, 0.15) is 15.9 Å². The average Bonchev–Trinajstić information content (AvgIpc) is 2.87. The van der Waals surface area contributed by atoms with Crippen LogP contribution in [0.5, 0.6) is 17.2 Å². The van der Waals surface area contributed by atoms with Gasteiger partial charge < -0.3 is 14.2 Å². The molecule has 4 rings (SSSR count). The molecule has 0 radical (unpaired) electrons. The molecule has 0 spiro atoms. The third-order valence-electron chi connectivity index (χ3n) is 5.17. The van der Waals surface area contributed by atoms with Gasteiger partial charge in [0.15, 0.2) is 11.5 Å². The maximum atomic E-state index is 13.4. The fraction of sp³-hybridized carbons (Fsp3) is 0.115. The number of carbonyl (C=O) groups is 1. The number of methoxy groups -OCH3 is 3. The number of para-hydroxylation sites is 1. The third-order valence-corrected chi connectivity index (χ3v) is 5.17. The zero-order valence-electron chi connectivity index (χ0n) is 18.8. The molecule has 0 aliphatic rings. The van der Waals surface area contributed by atoms with Crippen LogP contribution in [-0.2, 0) is 0 Å². The predicted octanol–water partition coefficient (Wildman–Crippen LogP) is 4.83. The molecule has 0 saturated carbocycles. The van der Waals surface area contributed by atoms with Crippen molar-refractivity contribution in [2.24, 2.45) is 5.10 Å². The van der Waals surface area contributed by atoms with Crippen LogP contribution in [0, 0.1) is 5.82 Å². The number of hydrazone groups is 1. The lowest BCUT2D eigenvalue weighted by atomic mass is 10.0. The number of carbonyl (C=O) groups excluding carboxylic acids is 1. The molecule has 1 N–H and O–H groups in total. The summed E-state index contributed by atoms with van der Waals surface area (Å²) in [7, 11) is 4.56. The van der Waals surface area contributed by atoms with Gasteiger partial charge in [-0.1, -0.05) is 18.2 Å². The molecule has 1 heterocycles. The molecule has 3 aromatic carbocycles. The largest absolute Gasteiger partial charge is 0.493 e. The number of rotatable bonds is 7. The normalized spacial score (nSPS) is 10.9. The lowest BCUT2D eigenvalue weighted by Gasteiger charge is -2.12. The smallest absolute Gasteiger partial charge is 0.272 e. The first-order valence-electron chi connectivity index (χ1n) is 10.3. The quantitative estimate of drug-likeness (QED) is 0.316. The molecular formula is C26H22FN3O4. The Labute approximate surface area is 195 Å². The first-order chi connectivity index (χ1) is 16.5. The summed E-state index contributed by atoms with van der Waals surface area (Å²) in [4.78, 5) is 17.7. The fourth-order valence-electron chi connectivity index (χ4n) is 3.53. The van der Waals surface area contributed by atoms with E-state index in [4.69, 9.17) is 14.2 Å². The van der Waals surface area contributed by atoms with Crippen molar-refractivity contribution in [3.05, 3.63) is 83.7 Å². The Balaban J connectivity index is 1.64. The Kier molecular flexibility index (Phi) is 6.68. The van der Waals surface area contributed by atoms with Crippen LogP contribution in [-0.4, -0.2) is 38.4 Å². The van der Waals surface area contributed by atoms with Crippen molar-refractivity contribution in [3.8, 4) is 28.5 Å². The lowest BCUT2D eigenvalue weighted by Crippen LogP contribution is -2.18. The van der Waals surface area contributed by atoms with Crippen molar-refractivity contribution in [1.82, 2.24) is 10.4 Å². The van der Waals surface area contributed by atoms with Crippen LogP contribution in [0.3, 0.4) is 0 Å². The zero-order valence-corrected chi connectivity index (χ0v) is 18.8. The Morgan fingerprint density at radius 3 is 2.26 bits per heavy atom. The highest BCUT2D eigenvalue weighted by atomic mass is 19.1. The van der Waals surface area contributed by atoms with E-state index in [1.807, 2.05) is 24.3 Å². The minimum Gasteiger partial charge on any atom is -0.493 e. The SMILES string of the molecule is COc1cc(/C=N/NC(=O)c2cc(-c3ccc(F)cc3)nc3ccccc23)cc(OC)c1OC. The number of nitrogens with one attached hydrogen (secondary N) is 1. The van der Waals surface area contributed by atoms with Crippen LogP contribution < -0.4 is 19.6 Å². The Hall–Kier alpha value is -4.46. The molecule has 34 heavy (non-hydrogen) atoms. The number of halogens is 1. The van der Waals surface area contributed by atoms with Gasteiger partial charge in [-0.2, -0.15) is 5.10 Å². The molecule has 8 heteroatoms. The van der Waals surface area contributed by atoms with E-state index in [0.717, 1.165) is 0 Å². The van der Waals surface area contributed by atoms with Crippen molar-refractivity contribution in [2.75, 3.05) is 21.3 Å². The Morgan fingerprint density at radius 2 is 1.62 bits per heavy atom. The molecule has 0 aliphatic heterocycles. The number of benzene rings is 3. The highest BCUT2D eigenvalue weighted by Gasteiger charge is 2.15. The molecule has 0 fully saturated rings. The van der Waals surface area contributed by atoms with E-state index >= 15 is 0 Å². The minimum absolute atomic E-state index is 0.344. The van der Waals surface area contributed by atoms with Gasteiger partial charge in [0, 0.05) is 16.5 Å². The standard InChI is InChI=1S/C26H22FN3O4/c1-32-23-12-16(13-24(33-2)25(23)34-3)15-28-30-26(31)20-14-22(17-8-10-18(27)11-9-17)29-21-7-5-4-6-19(20)21/h4-15H,1-3H3,(H,30,31)/b28-15+. The Morgan fingerprint density at radius 1 is 0.941 bits per heavy atom.